The third-order valence-corrected chi connectivity index (χ3v) is 4.35. The van der Waals surface area contributed by atoms with E-state index in [1.165, 1.54) is 0 Å². The number of aliphatic carboxylic acids is 1. The van der Waals surface area contributed by atoms with Crippen LogP contribution in [0.15, 0.2) is 12.1 Å². The summed E-state index contributed by atoms with van der Waals surface area (Å²) < 4.78 is 10.6. The molecule has 136 valence electrons. The van der Waals surface area contributed by atoms with Crippen molar-refractivity contribution in [1.82, 2.24) is 9.97 Å². The standard InChI is InChI=1S/C16H20N4O4.H2O/c1-23-12-7-10-11(8-13(12)24-2)18-16(19-14(10)17)20-5-3-9(4-6-20)15(21)22;/h7-9H,3-6H2,1-2H3,(H,21,22)(H2,17,18,19);1H2. The van der Waals surface area contributed by atoms with Crippen LogP contribution in [0.5, 0.6) is 11.5 Å². The molecule has 2 heterocycles. The molecule has 0 bridgehead atoms. The van der Waals surface area contributed by atoms with Gasteiger partial charge < -0.3 is 30.7 Å². The van der Waals surface area contributed by atoms with Crippen molar-refractivity contribution in [1.29, 1.82) is 0 Å². The van der Waals surface area contributed by atoms with Crippen molar-refractivity contribution in [3.63, 3.8) is 0 Å². The molecule has 0 amide bonds. The highest BCUT2D eigenvalue weighted by atomic mass is 16.5. The van der Waals surface area contributed by atoms with Gasteiger partial charge in [-0.3, -0.25) is 4.79 Å². The Labute approximate surface area is 144 Å². The Balaban J connectivity index is 0.00000225. The SMILES string of the molecule is COc1cc2nc(N3CCC(C(=O)O)CC3)nc(N)c2cc1OC.O. The Morgan fingerprint density at radius 1 is 1.20 bits per heavy atom. The fourth-order valence-corrected chi connectivity index (χ4v) is 2.93. The number of hydrogen-bond acceptors (Lipinski definition) is 7. The fourth-order valence-electron chi connectivity index (χ4n) is 2.93. The summed E-state index contributed by atoms with van der Waals surface area (Å²) in [5, 5.41) is 9.78. The molecule has 1 aliphatic rings. The van der Waals surface area contributed by atoms with E-state index >= 15 is 0 Å². The molecular formula is C16H22N4O5. The van der Waals surface area contributed by atoms with E-state index in [0.29, 0.717) is 60.1 Å². The predicted molar refractivity (Wildman–Crippen MR) is 93.2 cm³/mol. The molecule has 1 aliphatic heterocycles. The van der Waals surface area contributed by atoms with Gasteiger partial charge in [0.1, 0.15) is 5.82 Å². The molecule has 1 aromatic heterocycles. The van der Waals surface area contributed by atoms with E-state index < -0.39 is 5.97 Å². The van der Waals surface area contributed by atoms with Gasteiger partial charge in [-0.25, -0.2) is 4.98 Å². The molecule has 2 aromatic rings. The summed E-state index contributed by atoms with van der Waals surface area (Å²) in [4.78, 5) is 22.0. The minimum absolute atomic E-state index is 0. The number of fused-ring (bicyclic) bond motifs is 1. The van der Waals surface area contributed by atoms with E-state index in [2.05, 4.69) is 9.97 Å². The van der Waals surface area contributed by atoms with Crippen molar-refractivity contribution in [2.24, 2.45) is 5.92 Å². The van der Waals surface area contributed by atoms with Crippen LogP contribution in [0.4, 0.5) is 11.8 Å². The van der Waals surface area contributed by atoms with Crippen molar-refractivity contribution >= 4 is 28.6 Å². The molecule has 1 fully saturated rings. The average molecular weight is 350 g/mol. The summed E-state index contributed by atoms with van der Waals surface area (Å²) in [7, 11) is 3.12. The second-order valence-electron chi connectivity index (χ2n) is 5.73. The van der Waals surface area contributed by atoms with E-state index in [1.807, 2.05) is 4.90 Å². The number of carboxylic acid groups (broad SMARTS) is 1. The van der Waals surface area contributed by atoms with Gasteiger partial charge in [-0.2, -0.15) is 4.98 Å². The van der Waals surface area contributed by atoms with Gasteiger partial charge in [0.2, 0.25) is 5.95 Å². The van der Waals surface area contributed by atoms with Crippen LogP contribution in [-0.2, 0) is 4.79 Å². The summed E-state index contributed by atoms with van der Waals surface area (Å²) in [6.45, 7) is 1.18. The van der Waals surface area contributed by atoms with Crippen LogP contribution >= 0.6 is 0 Å². The molecule has 0 aliphatic carbocycles. The van der Waals surface area contributed by atoms with Gasteiger partial charge in [0.15, 0.2) is 11.5 Å². The van der Waals surface area contributed by atoms with Gasteiger partial charge in [-0.15, -0.1) is 0 Å². The Morgan fingerprint density at radius 2 is 1.80 bits per heavy atom. The van der Waals surface area contributed by atoms with Crippen LogP contribution < -0.4 is 20.1 Å². The molecule has 9 nitrogen and oxygen atoms in total. The molecule has 0 unspecified atom stereocenters. The zero-order valence-corrected chi connectivity index (χ0v) is 14.2. The second kappa shape index (κ2) is 7.39. The highest BCUT2D eigenvalue weighted by Crippen LogP contribution is 2.34. The topological polar surface area (TPSA) is 142 Å². The molecule has 0 saturated carbocycles. The molecule has 3 rings (SSSR count). The number of aromatic nitrogens is 2. The number of methoxy groups -OCH3 is 2. The monoisotopic (exact) mass is 350 g/mol. The number of hydrogen-bond donors (Lipinski definition) is 2. The number of nitrogen functional groups attached to an aromatic ring is 1. The number of piperidine rings is 1. The Bertz CT molecular complexity index is 775. The van der Waals surface area contributed by atoms with Crippen molar-refractivity contribution in [2.45, 2.75) is 12.8 Å². The molecule has 0 radical (unpaired) electrons. The van der Waals surface area contributed by atoms with Crippen LogP contribution in [-0.4, -0.2) is 53.8 Å². The van der Waals surface area contributed by atoms with E-state index in [1.54, 1.807) is 26.4 Å². The molecule has 9 heteroatoms. The molecule has 1 saturated heterocycles. The third kappa shape index (κ3) is 3.50. The van der Waals surface area contributed by atoms with E-state index in [9.17, 15) is 4.79 Å². The lowest BCUT2D eigenvalue weighted by atomic mass is 9.97. The normalized spacial score (nSPS) is 14.9. The van der Waals surface area contributed by atoms with E-state index in [0.717, 1.165) is 0 Å². The zero-order valence-electron chi connectivity index (χ0n) is 14.2. The van der Waals surface area contributed by atoms with Crippen LogP contribution in [0.2, 0.25) is 0 Å². The second-order valence-corrected chi connectivity index (χ2v) is 5.73. The maximum atomic E-state index is 11.1. The first-order valence-corrected chi connectivity index (χ1v) is 7.70. The summed E-state index contributed by atoms with van der Waals surface area (Å²) in [5.41, 5.74) is 6.75. The maximum Gasteiger partial charge on any atom is 0.306 e. The average Bonchev–Trinajstić information content (AvgIpc) is 2.60. The highest BCUT2D eigenvalue weighted by molar-refractivity contribution is 5.91. The lowest BCUT2D eigenvalue weighted by molar-refractivity contribution is -0.142. The maximum absolute atomic E-state index is 11.1. The van der Waals surface area contributed by atoms with Crippen LogP contribution in [0.1, 0.15) is 12.8 Å². The number of benzene rings is 1. The number of carboxylic acids is 1. The van der Waals surface area contributed by atoms with Gasteiger partial charge in [-0.1, -0.05) is 0 Å². The fraction of sp³-hybridized carbons (Fsp3) is 0.438. The van der Waals surface area contributed by atoms with Crippen LogP contribution in [0, 0.1) is 5.92 Å². The highest BCUT2D eigenvalue weighted by Gasteiger charge is 2.26. The number of anilines is 2. The summed E-state index contributed by atoms with van der Waals surface area (Å²) in [6.07, 6.45) is 1.14. The lowest BCUT2D eigenvalue weighted by Gasteiger charge is -2.30. The van der Waals surface area contributed by atoms with Gasteiger partial charge in [0, 0.05) is 24.5 Å². The molecule has 1 aromatic carbocycles. The Hall–Kier alpha value is -2.81. The number of carbonyl (C=O) groups is 1. The van der Waals surface area contributed by atoms with Crippen molar-refractivity contribution in [2.75, 3.05) is 37.9 Å². The van der Waals surface area contributed by atoms with E-state index in [4.69, 9.17) is 20.3 Å². The minimum Gasteiger partial charge on any atom is -0.493 e. The summed E-state index contributed by atoms with van der Waals surface area (Å²) in [6, 6.07) is 3.52. The van der Waals surface area contributed by atoms with Crippen LogP contribution in [0.3, 0.4) is 0 Å². The first-order valence-electron chi connectivity index (χ1n) is 7.70. The molecule has 25 heavy (non-hydrogen) atoms. The molecule has 0 atom stereocenters. The summed E-state index contributed by atoms with van der Waals surface area (Å²) in [5.74, 6) is 0.954. The Kier molecular flexibility index (Phi) is 5.48. The first kappa shape index (κ1) is 18.5. The third-order valence-electron chi connectivity index (χ3n) is 4.35. The smallest absolute Gasteiger partial charge is 0.306 e. The number of nitrogens with two attached hydrogens (primary N) is 1. The minimum atomic E-state index is -0.745. The van der Waals surface area contributed by atoms with Gasteiger partial charge in [-0.05, 0) is 18.9 Å². The molecule has 0 spiro atoms. The first-order chi connectivity index (χ1) is 11.5. The Morgan fingerprint density at radius 3 is 2.36 bits per heavy atom. The van der Waals surface area contributed by atoms with Gasteiger partial charge >= 0.3 is 5.97 Å². The van der Waals surface area contributed by atoms with Crippen molar-refractivity contribution in [3.8, 4) is 11.5 Å². The van der Waals surface area contributed by atoms with Gasteiger partial charge in [0.25, 0.3) is 0 Å². The predicted octanol–water partition coefficient (Wildman–Crippen LogP) is 0.705. The van der Waals surface area contributed by atoms with Crippen molar-refractivity contribution < 1.29 is 24.9 Å². The van der Waals surface area contributed by atoms with Gasteiger partial charge in [0.05, 0.1) is 25.7 Å². The van der Waals surface area contributed by atoms with Crippen LogP contribution in [0.25, 0.3) is 10.9 Å². The number of ether oxygens (including phenoxy) is 2. The number of nitrogens with zero attached hydrogens (tertiary/aromatic N) is 3. The largest absolute Gasteiger partial charge is 0.493 e. The summed E-state index contributed by atoms with van der Waals surface area (Å²) >= 11 is 0. The molecular weight excluding hydrogens is 328 g/mol. The van der Waals surface area contributed by atoms with E-state index in [-0.39, 0.29) is 11.4 Å². The zero-order chi connectivity index (χ0) is 17.3. The number of rotatable bonds is 4. The lowest BCUT2D eigenvalue weighted by Crippen LogP contribution is -2.37. The quantitative estimate of drug-likeness (QED) is 0.820. The molecule has 5 N–H and O–H groups in total. The van der Waals surface area contributed by atoms with Crippen molar-refractivity contribution in [3.05, 3.63) is 12.1 Å².